The highest BCUT2D eigenvalue weighted by molar-refractivity contribution is 6.35. The predicted octanol–water partition coefficient (Wildman–Crippen LogP) is 0.766. The second-order valence-electron chi connectivity index (χ2n) is 4.49. The van der Waals surface area contributed by atoms with Gasteiger partial charge in [0.25, 0.3) is 0 Å². The summed E-state index contributed by atoms with van der Waals surface area (Å²) in [4.78, 5) is 22.7. The van der Waals surface area contributed by atoms with Crippen LogP contribution in [0.1, 0.15) is 26.3 Å². The molecule has 0 aliphatic heterocycles. The van der Waals surface area contributed by atoms with E-state index in [1.165, 1.54) is 12.3 Å². The van der Waals surface area contributed by atoms with Gasteiger partial charge in [0.1, 0.15) is 0 Å². The maximum absolute atomic E-state index is 11.4. The van der Waals surface area contributed by atoms with Crippen molar-refractivity contribution in [2.24, 2.45) is 5.10 Å². The number of rotatable bonds is 5. The molecule has 0 saturated carbocycles. The summed E-state index contributed by atoms with van der Waals surface area (Å²) in [5, 5.41) is 15.7. The van der Waals surface area contributed by atoms with Gasteiger partial charge in [0.15, 0.2) is 11.5 Å². The Morgan fingerprint density at radius 1 is 1.38 bits per heavy atom. The SMILES string of the molecule is CCOc1cc(/C=N\NC(=O)C(=O)NC(C)C)ccc1O. The quantitative estimate of drug-likeness (QED) is 0.424. The lowest BCUT2D eigenvalue weighted by Gasteiger charge is -2.07. The number of aromatic hydroxyl groups is 1. The van der Waals surface area contributed by atoms with E-state index in [0.29, 0.717) is 17.9 Å². The van der Waals surface area contributed by atoms with Gasteiger partial charge in [0.2, 0.25) is 0 Å². The van der Waals surface area contributed by atoms with Crippen LogP contribution in [0, 0.1) is 0 Å². The molecule has 1 aromatic carbocycles. The summed E-state index contributed by atoms with van der Waals surface area (Å²) in [6.45, 7) is 5.72. The fraction of sp³-hybridized carbons (Fsp3) is 0.357. The van der Waals surface area contributed by atoms with Crippen LogP contribution >= 0.6 is 0 Å². The fourth-order valence-corrected chi connectivity index (χ4v) is 1.43. The third kappa shape index (κ3) is 5.52. The zero-order valence-electron chi connectivity index (χ0n) is 12.2. The molecule has 2 amide bonds. The zero-order valence-corrected chi connectivity index (χ0v) is 12.2. The van der Waals surface area contributed by atoms with Crippen molar-refractivity contribution in [2.45, 2.75) is 26.8 Å². The molecule has 0 aliphatic carbocycles. The van der Waals surface area contributed by atoms with E-state index in [9.17, 15) is 14.7 Å². The van der Waals surface area contributed by atoms with E-state index in [0.717, 1.165) is 0 Å². The molecule has 114 valence electrons. The van der Waals surface area contributed by atoms with Crippen LogP contribution in [0.2, 0.25) is 0 Å². The zero-order chi connectivity index (χ0) is 15.8. The predicted molar refractivity (Wildman–Crippen MR) is 78.3 cm³/mol. The van der Waals surface area contributed by atoms with Gasteiger partial charge in [-0.2, -0.15) is 5.10 Å². The minimum absolute atomic E-state index is 0.0225. The summed E-state index contributed by atoms with van der Waals surface area (Å²) in [7, 11) is 0. The van der Waals surface area contributed by atoms with Crippen molar-refractivity contribution >= 4 is 18.0 Å². The first kappa shape index (κ1) is 16.5. The lowest BCUT2D eigenvalue weighted by molar-refractivity contribution is -0.139. The molecular weight excluding hydrogens is 274 g/mol. The lowest BCUT2D eigenvalue weighted by Crippen LogP contribution is -2.41. The first-order valence-corrected chi connectivity index (χ1v) is 6.53. The molecule has 0 bridgehead atoms. The Morgan fingerprint density at radius 3 is 2.71 bits per heavy atom. The number of phenolic OH excluding ortho intramolecular Hbond substituents is 1. The topological polar surface area (TPSA) is 100 Å². The van der Waals surface area contributed by atoms with Crippen molar-refractivity contribution in [3.63, 3.8) is 0 Å². The van der Waals surface area contributed by atoms with Gasteiger partial charge >= 0.3 is 11.8 Å². The number of nitrogens with one attached hydrogen (secondary N) is 2. The smallest absolute Gasteiger partial charge is 0.329 e. The number of nitrogens with zero attached hydrogens (tertiary/aromatic N) is 1. The number of carbonyl (C=O) groups is 2. The standard InChI is InChI=1S/C14H19N3O4/c1-4-21-12-7-10(5-6-11(12)18)8-15-17-14(20)13(19)16-9(2)3/h5-9,18H,4H2,1-3H3,(H,16,19)(H,17,20)/b15-8-. The Balaban J connectivity index is 2.63. The average Bonchev–Trinajstić information content (AvgIpc) is 2.41. The summed E-state index contributed by atoms with van der Waals surface area (Å²) in [5.41, 5.74) is 2.73. The maximum Gasteiger partial charge on any atom is 0.329 e. The van der Waals surface area contributed by atoms with Crippen LogP contribution in [0.15, 0.2) is 23.3 Å². The number of carbonyl (C=O) groups excluding carboxylic acids is 2. The summed E-state index contributed by atoms with van der Waals surface area (Å²) in [5.74, 6) is -1.24. The molecule has 0 radical (unpaired) electrons. The molecule has 0 saturated heterocycles. The second-order valence-corrected chi connectivity index (χ2v) is 4.49. The van der Waals surface area contributed by atoms with Crippen LogP contribution in [0.25, 0.3) is 0 Å². The minimum atomic E-state index is -0.844. The maximum atomic E-state index is 11.4. The first-order valence-electron chi connectivity index (χ1n) is 6.53. The summed E-state index contributed by atoms with van der Waals surface area (Å²) in [6.07, 6.45) is 1.35. The van der Waals surface area contributed by atoms with E-state index in [2.05, 4.69) is 15.8 Å². The first-order chi connectivity index (χ1) is 9.93. The molecule has 0 spiro atoms. The highest BCUT2D eigenvalue weighted by atomic mass is 16.5. The van der Waals surface area contributed by atoms with E-state index < -0.39 is 11.8 Å². The number of hydrogen-bond acceptors (Lipinski definition) is 5. The van der Waals surface area contributed by atoms with Gasteiger partial charge in [0, 0.05) is 6.04 Å². The highest BCUT2D eigenvalue weighted by Gasteiger charge is 2.12. The van der Waals surface area contributed by atoms with Crippen LogP contribution < -0.4 is 15.5 Å². The van der Waals surface area contributed by atoms with Crippen molar-refractivity contribution in [2.75, 3.05) is 6.61 Å². The molecule has 7 nitrogen and oxygen atoms in total. The van der Waals surface area contributed by atoms with Gasteiger partial charge in [-0.3, -0.25) is 9.59 Å². The van der Waals surface area contributed by atoms with Crippen LogP contribution in [0.5, 0.6) is 11.5 Å². The molecular formula is C14H19N3O4. The Morgan fingerprint density at radius 2 is 2.10 bits per heavy atom. The normalized spacial score (nSPS) is 10.7. The second kappa shape index (κ2) is 7.88. The van der Waals surface area contributed by atoms with Crippen molar-refractivity contribution < 1.29 is 19.4 Å². The third-order valence-electron chi connectivity index (χ3n) is 2.29. The third-order valence-corrected chi connectivity index (χ3v) is 2.29. The summed E-state index contributed by atoms with van der Waals surface area (Å²) in [6, 6.07) is 4.50. The van der Waals surface area contributed by atoms with E-state index in [-0.39, 0.29) is 11.8 Å². The van der Waals surface area contributed by atoms with Gasteiger partial charge in [-0.25, -0.2) is 5.43 Å². The fourth-order valence-electron chi connectivity index (χ4n) is 1.43. The Bertz CT molecular complexity index is 541. The molecule has 3 N–H and O–H groups in total. The molecule has 0 heterocycles. The number of benzene rings is 1. The lowest BCUT2D eigenvalue weighted by atomic mass is 10.2. The molecule has 0 aliphatic rings. The van der Waals surface area contributed by atoms with Crippen molar-refractivity contribution in [3.05, 3.63) is 23.8 Å². The summed E-state index contributed by atoms with van der Waals surface area (Å²) >= 11 is 0. The monoisotopic (exact) mass is 293 g/mol. The number of amides is 2. The molecule has 0 aromatic heterocycles. The summed E-state index contributed by atoms with van der Waals surface area (Å²) < 4.78 is 5.22. The number of hydrazone groups is 1. The molecule has 0 unspecified atom stereocenters. The molecule has 1 rings (SSSR count). The van der Waals surface area contributed by atoms with Crippen LogP contribution in [0.4, 0.5) is 0 Å². The van der Waals surface area contributed by atoms with Crippen LogP contribution in [0.3, 0.4) is 0 Å². The Kier molecular flexibility index (Phi) is 6.19. The van der Waals surface area contributed by atoms with Crippen molar-refractivity contribution in [3.8, 4) is 11.5 Å². The van der Waals surface area contributed by atoms with E-state index in [4.69, 9.17) is 4.74 Å². The van der Waals surface area contributed by atoms with E-state index in [1.807, 2.05) is 0 Å². The van der Waals surface area contributed by atoms with Gasteiger partial charge in [-0.05, 0) is 44.5 Å². The van der Waals surface area contributed by atoms with E-state index >= 15 is 0 Å². The Labute approximate surface area is 123 Å². The van der Waals surface area contributed by atoms with Crippen LogP contribution in [-0.4, -0.2) is 35.8 Å². The van der Waals surface area contributed by atoms with Gasteiger partial charge in [-0.1, -0.05) is 0 Å². The highest BCUT2D eigenvalue weighted by Crippen LogP contribution is 2.26. The molecule has 21 heavy (non-hydrogen) atoms. The molecule has 1 aromatic rings. The average molecular weight is 293 g/mol. The Hall–Kier alpha value is -2.57. The van der Waals surface area contributed by atoms with Crippen LogP contribution in [-0.2, 0) is 9.59 Å². The van der Waals surface area contributed by atoms with Gasteiger partial charge < -0.3 is 15.2 Å². The number of phenols is 1. The van der Waals surface area contributed by atoms with E-state index in [1.54, 1.807) is 32.9 Å². The van der Waals surface area contributed by atoms with Gasteiger partial charge in [0.05, 0.1) is 12.8 Å². The number of ether oxygens (including phenoxy) is 1. The number of hydrogen-bond donors (Lipinski definition) is 3. The molecule has 0 atom stereocenters. The molecule has 0 fully saturated rings. The molecule has 7 heteroatoms. The van der Waals surface area contributed by atoms with Crippen molar-refractivity contribution in [1.29, 1.82) is 0 Å². The van der Waals surface area contributed by atoms with Gasteiger partial charge in [-0.15, -0.1) is 0 Å². The minimum Gasteiger partial charge on any atom is -0.504 e. The largest absolute Gasteiger partial charge is 0.504 e. The van der Waals surface area contributed by atoms with Crippen molar-refractivity contribution in [1.82, 2.24) is 10.7 Å².